The van der Waals surface area contributed by atoms with E-state index in [0.717, 1.165) is 0 Å². The number of rotatable bonds is 2. The van der Waals surface area contributed by atoms with Gasteiger partial charge in [-0.25, -0.2) is 0 Å². The van der Waals surface area contributed by atoms with Gasteiger partial charge in [-0.3, -0.25) is 0 Å². The van der Waals surface area contributed by atoms with Gasteiger partial charge in [0.15, 0.2) is 0 Å². The predicted molar refractivity (Wildman–Crippen MR) is 48.1 cm³/mol. The summed E-state index contributed by atoms with van der Waals surface area (Å²) in [5.74, 6) is 0. The first kappa shape index (κ1) is 9.09. The van der Waals surface area contributed by atoms with Gasteiger partial charge in [0, 0.05) is 0 Å². The second kappa shape index (κ2) is 2.92. The highest BCUT2D eigenvalue weighted by Crippen LogP contribution is 2.45. The van der Waals surface area contributed by atoms with Crippen LogP contribution in [0.4, 0.5) is 0 Å². The van der Waals surface area contributed by atoms with Crippen LogP contribution in [0.15, 0.2) is 0 Å². The molecule has 4 fully saturated rings. The van der Waals surface area contributed by atoms with E-state index in [1.54, 1.807) is 0 Å². The number of fused-ring (bicyclic) bond motifs is 2. The normalized spacial score (nSPS) is 57.4. The van der Waals surface area contributed by atoms with Crippen molar-refractivity contribution in [1.82, 2.24) is 0 Å². The molecule has 2 saturated heterocycles. The summed E-state index contributed by atoms with van der Waals surface area (Å²) >= 11 is 0. The Balaban J connectivity index is 0.000000640. The molecule has 4 heteroatoms. The fraction of sp³-hybridized carbons (Fsp3) is 1.00. The van der Waals surface area contributed by atoms with Crippen LogP contribution in [0.3, 0.4) is 0 Å². The lowest BCUT2D eigenvalue weighted by atomic mass is 10.2. The minimum absolute atomic E-state index is 0. The standard InChI is InChI=1S/C10H14O3.H2O/c1-3-7-9(12-7)5(1)11-6-2-4-8-10(6)13-8;/h5-10H,1-4H2;1H2. The summed E-state index contributed by atoms with van der Waals surface area (Å²) in [4.78, 5) is 0. The Bertz CT molecular complexity index is 220. The Hall–Kier alpha value is -0.160. The molecular formula is C10H16O4. The summed E-state index contributed by atoms with van der Waals surface area (Å²) in [7, 11) is 0. The third-order valence-electron chi connectivity index (χ3n) is 3.80. The summed E-state index contributed by atoms with van der Waals surface area (Å²) < 4.78 is 16.9. The van der Waals surface area contributed by atoms with Crippen molar-refractivity contribution in [3.05, 3.63) is 0 Å². The Kier molecular flexibility index (Phi) is 1.89. The maximum atomic E-state index is 6.03. The van der Waals surface area contributed by atoms with Crippen molar-refractivity contribution in [3.63, 3.8) is 0 Å². The average Bonchev–Trinajstić information content (AvgIpc) is 3.03. The van der Waals surface area contributed by atoms with E-state index in [1.807, 2.05) is 0 Å². The van der Waals surface area contributed by atoms with E-state index in [9.17, 15) is 0 Å². The number of hydrogen-bond donors (Lipinski definition) is 0. The molecule has 80 valence electrons. The van der Waals surface area contributed by atoms with Crippen LogP contribution in [0.1, 0.15) is 25.7 Å². The van der Waals surface area contributed by atoms with Crippen LogP contribution in [-0.4, -0.2) is 42.1 Å². The van der Waals surface area contributed by atoms with Crippen LogP contribution in [0.2, 0.25) is 0 Å². The molecule has 2 aliphatic heterocycles. The molecule has 2 heterocycles. The molecule has 0 bridgehead atoms. The molecule has 2 saturated carbocycles. The highest BCUT2D eigenvalue weighted by atomic mass is 16.7. The van der Waals surface area contributed by atoms with Crippen molar-refractivity contribution in [3.8, 4) is 0 Å². The molecule has 0 amide bonds. The van der Waals surface area contributed by atoms with Crippen molar-refractivity contribution >= 4 is 0 Å². The van der Waals surface area contributed by atoms with Crippen molar-refractivity contribution in [2.75, 3.05) is 0 Å². The van der Waals surface area contributed by atoms with Crippen LogP contribution < -0.4 is 0 Å². The summed E-state index contributed by atoms with van der Waals surface area (Å²) in [5, 5.41) is 0. The predicted octanol–water partition coefficient (Wildman–Crippen LogP) is 0.0379. The van der Waals surface area contributed by atoms with Crippen molar-refractivity contribution in [1.29, 1.82) is 0 Å². The van der Waals surface area contributed by atoms with Crippen LogP contribution >= 0.6 is 0 Å². The van der Waals surface area contributed by atoms with Gasteiger partial charge in [-0.15, -0.1) is 0 Å². The number of hydrogen-bond acceptors (Lipinski definition) is 3. The maximum Gasteiger partial charge on any atom is 0.110 e. The molecule has 4 nitrogen and oxygen atoms in total. The van der Waals surface area contributed by atoms with E-state index in [0.29, 0.717) is 36.6 Å². The molecule has 0 spiro atoms. The molecule has 2 N–H and O–H groups in total. The molecule has 14 heavy (non-hydrogen) atoms. The minimum Gasteiger partial charge on any atom is -0.412 e. The second-order valence-electron chi connectivity index (χ2n) is 4.65. The number of ether oxygens (including phenoxy) is 3. The first-order chi connectivity index (χ1) is 6.42. The topological polar surface area (TPSA) is 65.8 Å². The monoisotopic (exact) mass is 200 g/mol. The lowest BCUT2D eigenvalue weighted by Gasteiger charge is -2.18. The zero-order chi connectivity index (χ0) is 8.41. The van der Waals surface area contributed by atoms with Crippen LogP contribution in [0.25, 0.3) is 0 Å². The molecule has 0 aromatic carbocycles. The third kappa shape index (κ3) is 1.21. The molecule has 0 aromatic rings. The molecule has 0 aromatic heterocycles. The molecular weight excluding hydrogens is 184 g/mol. The largest absolute Gasteiger partial charge is 0.412 e. The van der Waals surface area contributed by atoms with Gasteiger partial charge in [0.1, 0.15) is 12.2 Å². The van der Waals surface area contributed by atoms with Gasteiger partial charge in [0.25, 0.3) is 0 Å². The Morgan fingerprint density at radius 3 is 1.57 bits per heavy atom. The second-order valence-corrected chi connectivity index (χ2v) is 4.65. The quantitative estimate of drug-likeness (QED) is 0.591. The Morgan fingerprint density at radius 2 is 1.29 bits per heavy atom. The first-order valence-corrected chi connectivity index (χ1v) is 5.38. The van der Waals surface area contributed by atoms with Gasteiger partial charge in [-0.1, -0.05) is 0 Å². The van der Waals surface area contributed by atoms with E-state index < -0.39 is 0 Å². The lowest BCUT2D eigenvalue weighted by Crippen LogP contribution is -2.26. The molecule has 4 aliphatic rings. The van der Waals surface area contributed by atoms with Crippen LogP contribution in [0.5, 0.6) is 0 Å². The van der Waals surface area contributed by atoms with E-state index in [-0.39, 0.29) is 5.48 Å². The van der Waals surface area contributed by atoms with Gasteiger partial charge in [-0.2, -0.15) is 0 Å². The SMILES string of the molecule is C1CC2OC2C1OC1CCC2OC12.O. The van der Waals surface area contributed by atoms with Crippen LogP contribution in [0, 0.1) is 0 Å². The highest BCUT2D eigenvalue weighted by molar-refractivity contribution is 5.03. The first-order valence-electron chi connectivity index (χ1n) is 5.38. The third-order valence-corrected chi connectivity index (χ3v) is 3.80. The van der Waals surface area contributed by atoms with E-state index in [2.05, 4.69) is 0 Å². The lowest BCUT2D eigenvalue weighted by molar-refractivity contribution is -0.0432. The van der Waals surface area contributed by atoms with Crippen LogP contribution in [-0.2, 0) is 14.2 Å². The fourth-order valence-corrected chi connectivity index (χ4v) is 2.93. The minimum atomic E-state index is 0. The summed E-state index contributed by atoms with van der Waals surface area (Å²) in [6, 6.07) is 0. The van der Waals surface area contributed by atoms with Crippen molar-refractivity contribution in [2.45, 2.75) is 62.3 Å². The summed E-state index contributed by atoms with van der Waals surface area (Å²) in [6.07, 6.45) is 7.55. The van der Waals surface area contributed by atoms with Gasteiger partial charge in [0.05, 0.1) is 24.4 Å². The maximum absolute atomic E-state index is 6.03. The molecule has 6 atom stereocenters. The summed E-state index contributed by atoms with van der Waals surface area (Å²) in [5.41, 5.74) is 0. The number of epoxide rings is 2. The van der Waals surface area contributed by atoms with Crippen molar-refractivity contribution < 1.29 is 19.7 Å². The van der Waals surface area contributed by atoms with E-state index in [1.165, 1.54) is 25.7 Å². The zero-order valence-electron chi connectivity index (χ0n) is 8.02. The smallest absolute Gasteiger partial charge is 0.110 e. The fourth-order valence-electron chi connectivity index (χ4n) is 2.93. The van der Waals surface area contributed by atoms with Gasteiger partial charge >= 0.3 is 0 Å². The van der Waals surface area contributed by atoms with Gasteiger partial charge in [-0.05, 0) is 25.7 Å². The van der Waals surface area contributed by atoms with E-state index in [4.69, 9.17) is 14.2 Å². The van der Waals surface area contributed by atoms with Gasteiger partial charge in [0.2, 0.25) is 0 Å². The molecule has 6 unspecified atom stereocenters. The van der Waals surface area contributed by atoms with E-state index >= 15 is 0 Å². The Morgan fingerprint density at radius 1 is 0.786 bits per heavy atom. The highest BCUT2D eigenvalue weighted by Gasteiger charge is 2.56. The zero-order valence-corrected chi connectivity index (χ0v) is 8.02. The van der Waals surface area contributed by atoms with Gasteiger partial charge < -0.3 is 19.7 Å². The van der Waals surface area contributed by atoms with Crippen molar-refractivity contribution in [2.24, 2.45) is 0 Å². The molecule has 4 rings (SSSR count). The molecule has 2 aliphatic carbocycles. The average molecular weight is 200 g/mol. The Labute approximate surface area is 82.8 Å². The molecule has 0 radical (unpaired) electrons. The summed E-state index contributed by atoms with van der Waals surface area (Å²) in [6.45, 7) is 0.